The molecule has 1 aliphatic heterocycles. The number of carbonyl (C=O) groups excluding carboxylic acids is 1. The molecule has 0 saturated carbocycles. The third kappa shape index (κ3) is 2.47. The summed E-state index contributed by atoms with van der Waals surface area (Å²) in [6.07, 6.45) is 6.33. The third-order valence-corrected chi connectivity index (χ3v) is 4.47. The number of urea groups is 1. The first-order chi connectivity index (χ1) is 11.7. The minimum atomic E-state index is -0.376. The molecule has 4 rings (SSSR count). The lowest BCUT2D eigenvalue weighted by atomic mass is 9.94. The van der Waals surface area contributed by atoms with Gasteiger partial charge in [0, 0.05) is 24.5 Å². The lowest BCUT2D eigenvalue weighted by molar-refractivity contribution is 0.160. The molecule has 0 spiro atoms. The summed E-state index contributed by atoms with van der Waals surface area (Å²) in [4.78, 5) is 30.0. The normalized spacial score (nSPS) is 18.0. The molecule has 7 nitrogen and oxygen atoms in total. The maximum atomic E-state index is 11.8. The standard InChI is InChI=1S/C17H18N6O/c18-17(24)23-10-2-1-7-13(23)11-5-3-6-12-14(11)22-16(21-12)15-19-8-4-9-20-15/h3-6,8-9,13H,1-2,7,10H2,(H2,18,24)(H,21,22). The van der Waals surface area contributed by atoms with Gasteiger partial charge in [0.05, 0.1) is 17.1 Å². The number of nitrogens with two attached hydrogens (primary N) is 1. The molecule has 3 N–H and O–H groups in total. The zero-order valence-electron chi connectivity index (χ0n) is 13.1. The number of likely N-dealkylation sites (tertiary alicyclic amines) is 1. The van der Waals surface area contributed by atoms with Gasteiger partial charge in [0.25, 0.3) is 0 Å². The number of imidazole rings is 1. The van der Waals surface area contributed by atoms with Crippen LogP contribution in [0.4, 0.5) is 4.79 Å². The molecule has 0 radical (unpaired) electrons. The van der Waals surface area contributed by atoms with Crippen LogP contribution in [0.25, 0.3) is 22.7 Å². The second kappa shape index (κ2) is 5.92. The van der Waals surface area contributed by atoms with E-state index in [4.69, 9.17) is 10.7 Å². The van der Waals surface area contributed by atoms with Crippen molar-refractivity contribution >= 4 is 17.1 Å². The zero-order chi connectivity index (χ0) is 16.5. The molecular weight excluding hydrogens is 304 g/mol. The van der Waals surface area contributed by atoms with E-state index in [2.05, 4.69) is 15.0 Å². The summed E-state index contributed by atoms with van der Waals surface area (Å²) < 4.78 is 0. The number of fused-ring (bicyclic) bond motifs is 1. The van der Waals surface area contributed by atoms with Crippen LogP contribution in [0.5, 0.6) is 0 Å². The van der Waals surface area contributed by atoms with Crippen molar-refractivity contribution in [3.63, 3.8) is 0 Å². The molecule has 2 amide bonds. The van der Waals surface area contributed by atoms with Crippen molar-refractivity contribution in [3.8, 4) is 11.6 Å². The van der Waals surface area contributed by atoms with Gasteiger partial charge in [-0.1, -0.05) is 12.1 Å². The minimum Gasteiger partial charge on any atom is -0.351 e. The number of H-pyrrole nitrogens is 1. The lowest BCUT2D eigenvalue weighted by Gasteiger charge is -2.34. The SMILES string of the molecule is NC(=O)N1CCCCC1c1cccc2[nH]c(-c3ncccn3)nc12. The van der Waals surface area contributed by atoms with Gasteiger partial charge in [-0.25, -0.2) is 19.7 Å². The fourth-order valence-electron chi connectivity index (χ4n) is 3.37. The number of aromatic nitrogens is 4. The van der Waals surface area contributed by atoms with Gasteiger partial charge in [0.15, 0.2) is 11.6 Å². The summed E-state index contributed by atoms with van der Waals surface area (Å²) in [5.74, 6) is 1.18. The summed E-state index contributed by atoms with van der Waals surface area (Å²) in [5, 5.41) is 0. The van der Waals surface area contributed by atoms with E-state index in [9.17, 15) is 4.79 Å². The Balaban J connectivity index is 1.81. The van der Waals surface area contributed by atoms with Crippen LogP contribution in [0.1, 0.15) is 30.9 Å². The first-order valence-corrected chi connectivity index (χ1v) is 8.06. The van der Waals surface area contributed by atoms with E-state index >= 15 is 0 Å². The zero-order valence-corrected chi connectivity index (χ0v) is 13.1. The number of para-hydroxylation sites is 1. The number of hydrogen-bond donors (Lipinski definition) is 2. The molecule has 24 heavy (non-hydrogen) atoms. The maximum Gasteiger partial charge on any atom is 0.315 e. The number of piperidine rings is 1. The number of hydrogen-bond acceptors (Lipinski definition) is 4. The Labute approximate surface area is 138 Å². The number of nitrogens with one attached hydrogen (secondary N) is 1. The summed E-state index contributed by atoms with van der Waals surface area (Å²) in [7, 11) is 0. The Morgan fingerprint density at radius 3 is 2.83 bits per heavy atom. The monoisotopic (exact) mass is 322 g/mol. The second-order valence-electron chi connectivity index (χ2n) is 5.94. The predicted octanol–water partition coefficient (Wildman–Crippen LogP) is 2.63. The Morgan fingerprint density at radius 2 is 2.04 bits per heavy atom. The second-order valence-corrected chi connectivity index (χ2v) is 5.94. The van der Waals surface area contributed by atoms with Crippen molar-refractivity contribution in [2.45, 2.75) is 25.3 Å². The Kier molecular flexibility index (Phi) is 3.60. The molecule has 3 heterocycles. The van der Waals surface area contributed by atoms with Crippen LogP contribution in [0.15, 0.2) is 36.7 Å². The van der Waals surface area contributed by atoms with Crippen molar-refractivity contribution in [1.29, 1.82) is 0 Å². The van der Waals surface area contributed by atoms with E-state index in [1.54, 1.807) is 23.4 Å². The number of carbonyl (C=O) groups is 1. The van der Waals surface area contributed by atoms with Gasteiger partial charge in [-0.3, -0.25) is 0 Å². The summed E-state index contributed by atoms with van der Waals surface area (Å²) >= 11 is 0. The van der Waals surface area contributed by atoms with Crippen LogP contribution in [-0.4, -0.2) is 37.4 Å². The van der Waals surface area contributed by atoms with E-state index < -0.39 is 0 Å². The number of primary amides is 1. The van der Waals surface area contributed by atoms with Crippen LogP contribution >= 0.6 is 0 Å². The van der Waals surface area contributed by atoms with E-state index in [1.165, 1.54) is 0 Å². The Bertz CT molecular complexity index is 875. The molecule has 122 valence electrons. The summed E-state index contributed by atoms with van der Waals surface area (Å²) in [6, 6.07) is 7.32. The quantitative estimate of drug-likeness (QED) is 0.757. The predicted molar refractivity (Wildman–Crippen MR) is 90.0 cm³/mol. The lowest BCUT2D eigenvalue weighted by Crippen LogP contribution is -2.41. The van der Waals surface area contributed by atoms with Crippen molar-refractivity contribution < 1.29 is 4.79 Å². The molecule has 0 bridgehead atoms. The highest BCUT2D eigenvalue weighted by molar-refractivity contribution is 5.83. The van der Waals surface area contributed by atoms with Crippen LogP contribution in [-0.2, 0) is 0 Å². The van der Waals surface area contributed by atoms with Gasteiger partial charge in [-0.05, 0) is 31.4 Å². The van der Waals surface area contributed by atoms with E-state index in [0.717, 1.165) is 35.9 Å². The molecule has 0 aliphatic carbocycles. The highest BCUT2D eigenvalue weighted by Crippen LogP contribution is 2.34. The van der Waals surface area contributed by atoms with Gasteiger partial charge in [-0.2, -0.15) is 0 Å². The molecule has 1 aromatic carbocycles. The first kappa shape index (κ1) is 14.6. The van der Waals surface area contributed by atoms with Crippen molar-refractivity contribution in [3.05, 3.63) is 42.2 Å². The van der Waals surface area contributed by atoms with Gasteiger partial charge >= 0.3 is 6.03 Å². The number of benzene rings is 1. The molecule has 1 atom stereocenters. The maximum absolute atomic E-state index is 11.8. The average molecular weight is 322 g/mol. The van der Waals surface area contributed by atoms with Crippen LogP contribution in [0.2, 0.25) is 0 Å². The van der Waals surface area contributed by atoms with Crippen LogP contribution < -0.4 is 5.73 Å². The van der Waals surface area contributed by atoms with Gasteiger partial charge in [-0.15, -0.1) is 0 Å². The molecule has 1 unspecified atom stereocenters. The van der Waals surface area contributed by atoms with E-state index in [-0.39, 0.29) is 12.1 Å². The van der Waals surface area contributed by atoms with Gasteiger partial charge < -0.3 is 15.6 Å². The largest absolute Gasteiger partial charge is 0.351 e. The topological polar surface area (TPSA) is 101 Å². The highest BCUT2D eigenvalue weighted by Gasteiger charge is 2.28. The number of nitrogens with zero attached hydrogens (tertiary/aromatic N) is 4. The summed E-state index contributed by atoms with van der Waals surface area (Å²) in [5.41, 5.74) is 8.34. The van der Waals surface area contributed by atoms with Gasteiger partial charge in [0.1, 0.15) is 0 Å². The van der Waals surface area contributed by atoms with Crippen LogP contribution in [0, 0.1) is 0 Å². The molecular formula is C17H18N6O. The Hall–Kier alpha value is -2.96. The smallest absolute Gasteiger partial charge is 0.315 e. The molecule has 1 fully saturated rings. The van der Waals surface area contributed by atoms with Crippen molar-refractivity contribution in [2.75, 3.05) is 6.54 Å². The summed E-state index contributed by atoms with van der Waals surface area (Å²) in [6.45, 7) is 0.690. The first-order valence-electron chi connectivity index (χ1n) is 8.06. The number of aromatic amines is 1. The highest BCUT2D eigenvalue weighted by atomic mass is 16.2. The minimum absolute atomic E-state index is 0.0345. The van der Waals surface area contributed by atoms with Gasteiger partial charge in [0.2, 0.25) is 0 Å². The average Bonchev–Trinajstić information content (AvgIpc) is 3.06. The number of amides is 2. The third-order valence-electron chi connectivity index (χ3n) is 4.47. The fourth-order valence-corrected chi connectivity index (χ4v) is 3.37. The molecule has 7 heteroatoms. The van der Waals surface area contributed by atoms with E-state index in [1.807, 2.05) is 18.2 Å². The molecule has 3 aromatic rings. The Morgan fingerprint density at radius 1 is 1.21 bits per heavy atom. The molecule has 1 saturated heterocycles. The number of rotatable bonds is 2. The van der Waals surface area contributed by atoms with Crippen molar-refractivity contribution in [1.82, 2.24) is 24.8 Å². The molecule has 1 aliphatic rings. The van der Waals surface area contributed by atoms with E-state index in [0.29, 0.717) is 18.2 Å². The van der Waals surface area contributed by atoms with Crippen LogP contribution in [0.3, 0.4) is 0 Å². The van der Waals surface area contributed by atoms with Crippen molar-refractivity contribution in [2.24, 2.45) is 5.73 Å². The molecule has 2 aromatic heterocycles. The fraction of sp³-hybridized carbons (Fsp3) is 0.294.